The zero-order chi connectivity index (χ0) is 19.5. The van der Waals surface area contributed by atoms with Gasteiger partial charge in [-0.05, 0) is 12.5 Å². The highest BCUT2D eigenvalue weighted by Gasteiger charge is 2.23. The normalized spacial score (nSPS) is 14.4. The van der Waals surface area contributed by atoms with Gasteiger partial charge in [0, 0.05) is 55.5 Å². The average molecular weight is 377 g/mol. The van der Waals surface area contributed by atoms with Gasteiger partial charge in [0.05, 0.1) is 19.9 Å². The third-order valence-electron chi connectivity index (χ3n) is 5.54. The number of hydrogen-bond donors (Lipinski definition) is 0. The predicted octanol–water partition coefficient (Wildman–Crippen LogP) is 3.71. The molecule has 0 fully saturated rings. The molecule has 0 amide bonds. The van der Waals surface area contributed by atoms with Crippen molar-refractivity contribution in [1.82, 2.24) is 14.7 Å². The molecule has 146 valence electrons. The van der Waals surface area contributed by atoms with E-state index in [0.717, 1.165) is 55.2 Å². The van der Waals surface area contributed by atoms with Gasteiger partial charge in [-0.15, -0.1) is 0 Å². The molecular formula is C23H27N3O2. The summed E-state index contributed by atoms with van der Waals surface area (Å²) >= 11 is 0. The maximum atomic E-state index is 5.62. The van der Waals surface area contributed by atoms with Crippen molar-refractivity contribution in [1.29, 1.82) is 0 Å². The Morgan fingerprint density at radius 2 is 1.71 bits per heavy atom. The lowest BCUT2D eigenvalue weighted by Crippen LogP contribution is -2.26. The van der Waals surface area contributed by atoms with Gasteiger partial charge in [-0.1, -0.05) is 42.5 Å². The summed E-state index contributed by atoms with van der Waals surface area (Å²) in [5.41, 5.74) is 6.21. The molecule has 0 unspecified atom stereocenters. The van der Waals surface area contributed by atoms with Gasteiger partial charge in [0.1, 0.15) is 0 Å². The molecule has 0 N–H and O–H groups in total. The van der Waals surface area contributed by atoms with Gasteiger partial charge in [-0.2, -0.15) is 5.10 Å². The molecular weight excluding hydrogens is 350 g/mol. The number of aromatic nitrogens is 2. The van der Waals surface area contributed by atoms with Gasteiger partial charge in [0.15, 0.2) is 11.5 Å². The molecule has 1 aliphatic rings. The first kappa shape index (κ1) is 18.6. The molecule has 0 saturated carbocycles. The molecule has 0 aliphatic carbocycles. The van der Waals surface area contributed by atoms with Crippen LogP contribution in [0.5, 0.6) is 11.5 Å². The minimum Gasteiger partial charge on any atom is -0.493 e. The number of nitrogens with zero attached hydrogens (tertiary/aromatic N) is 3. The Hall–Kier alpha value is -2.79. The first-order valence-electron chi connectivity index (χ1n) is 9.73. The van der Waals surface area contributed by atoms with Crippen molar-refractivity contribution in [3.63, 3.8) is 0 Å². The van der Waals surface area contributed by atoms with E-state index < -0.39 is 0 Å². The minimum absolute atomic E-state index is 0.786. The van der Waals surface area contributed by atoms with Crippen LogP contribution in [0.4, 0.5) is 0 Å². The lowest BCUT2D eigenvalue weighted by Gasteiger charge is -2.22. The lowest BCUT2D eigenvalue weighted by atomic mass is 10.0. The average Bonchev–Trinajstić information content (AvgIpc) is 2.90. The van der Waals surface area contributed by atoms with Crippen LogP contribution in [0.25, 0.3) is 11.3 Å². The van der Waals surface area contributed by atoms with Gasteiger partial charge >= 0.3 is 0 Å². The topological polar surface area (TPSA) is 39.5 Å². The molecule has 0 radical (unpaired) electrons. The van der Waals surface area contributed by atoms with Gasteiger partial charge in [0.25, 0.3) is 0 Å². The lowest BCUT2D eigenvalue weighted by molar-refractivity contribution is 0.270. The van der Waals surface area contributed by atoms with E-state index in [1.807, 2.05) is 18.2 Å². The Balaban J connectivity index is 1.56. The van der Waals surface area contributed by atoms with Gasteiger partial charge in [0.2, 0.25) is 0 Å². The van der Waals surface area contributed by atoms with Crippen LogP contribution in [-0.4, -0.2) is 42.0 Å². The SMILES string of the molecule is COc1cccc(CN2CCc3c(-c4ccccc4)nn(C)c3CC2)c1OC. The number of benzene rings is 2. The highest BCUT2D eigenvalue weighted by atomic mass is 16.5. The zero-order valence-electron chi connectivity index (χ0n) is 16.8. The molecule has 1 aromatic heterocycles. The molecule has 0 atom stereocenters. The molecule has 2 heterocycles. The molecule has 28 heavy (non-hydrogen) atoms. The van der Waals surface area contributed by atoms with Gasteiger partial charge in [-0.25, -0.2) is 0 Å². The molecule has 0 saturated heterocycles. The summed E-state index contributed by atoms with van der Waals surface area (Å²) in [7, 11) is 5.45. The second-order valence-electron chi connectivity index (χ2n) is 7.19. The molecule has 4 rings (SSSR count). The number of fused-ring (bicyclic) bond motifs is 1. The van der Waals surface area contributed by atoms with Crippen molar-refractivity contribution in [2.45, 2.75) is 19.4 Å². The summed E-state index contributed by atoms with van der Waals surface area (Å²) in [5.74, 6) is 1.62. The van der Waals surface area contributed by atoms with Crippen molar-refractivity contribution in [3.05, 3.63) is 65.4 Å². The van der Waals surface area contributed by atoms with Crippen molar-refractivity contribution < 1.29 is 9.47 Å². The van der Waals surface area contributed by atoms with Crippen molar-refractivity contribution in [2.24, 2.45) is 7.05 Å². The number of methoxy groups -OCH3 is 2. The van der Waals surface area contributed by atoms with E-state index in [9.17, 15) is 0 Å². The fourth-order valence-corrected chi connectivity index (χ4v) is 4.13. The summed E-state index contributed by atoms with van der Waals surface area (Å²) < 4.78 is 13.1. The van der Waals surface area contributed by atoms with E-state index in [-0.39, 0.29) is 0 Å². The second-order valence-corrected chi connectivity index (χ2v) is 7.19. The van der Waals surface area contributed by atoms with E-state index in [1.54, 1.807) is 14.2 Å². The van der Waals surface area contributed by atoms with Crippen LogP contribution >= 0.6 is 0 Å². The Morgan fingerprint density at radius 3 is 2.46 bits per heavy atom. The summed E-state index contributed by atoms with van der Waals surface area (Å²) in [6.07, 6.45) is 2.00. The molecule has 5 heteroatoms. The Bertz CT molecular complexity index is 950. The first-order valence-corrected chi connectivity index (χ1v) is 9.73. The van der Waals surface area contributed by atoms with Crippen LogP contribution in [0.2, 0.25) is 0 Å². The Labute approximate surface area is 166 Å². The van der Waals surface area contributed by atoms with E-state index >= 15 is 0 Å². The molecule has 0 spiro atoms. The smallest absolute Gasteiger partial charge is 0.165 e. The quantitative estimate of drug-likeness (QED) is 0.680. The van der Waals surface area contributed by atoms with E-state index in [1.165, 1.54) is 16.8 Å². The number of ether oxygens (including phenoxy) is 2. The summed E-state index contributed by atoms with van der Waals surface area (Å²) in [6.45, 7) is 2.85. The van der Waals surface area contributed by atoms with Crippen LogP contribution in [0.3, 0.4) is 0 Å². The van der Waals surface area contributed by atoms with Crippen LogP contribution in [0, 0.1) is 0 Å². The van der Waals surface area contributed by atoms with Crippen molar-refractivity contribution >= 4 is 0 Å². The molecule has 5 nitrogen and oxygen atoms in total. The largest absolute Gasteiger partial charge is 0.493 e. The summed E-state index contributed by atoms with van der Waals surface area (Å²) in [6, 6.07) is 16.6. The monoisotopic (exact) mass is 377 g/mol. The number of rotatable bonds is 5. The van der Waals surface area contributed by atoms with Gasteiger partial charge in [-0.3, -0.25) is 9.58 Å². The highest BCUT2D eigenvalue weighted by Crippen LogP contribution is 2.33. The summed E-state index contributed by atoms with van der Waals surface area (Å²) in [5, 5.41) is 4.82. The van der Waals surface area contributed by atoms with Crippen LogP contribution in [0.15, 0.2) is 48.5 Å². The van der Waals surface area contributed by atoms with Crippen molar-refractivity contribution in [3.8, 4) is 22.8 Å². The third-order valence-corrected chi connectivity index (χ3v) is 5.54. The second kappa shape index (κ2) is 8.07. The molecule has 1 aliphatic heterocycles. The Morgan fingerprint density at radius 1 is 0.929 bits per heavy atom. The van der Waals surface area contributed by atoms with Crippen LogP contribution in [0.1, 0.15) is 16.8 Å². The number of aryl methyl sites for hydroxylation is 1. The Kier molecular flexibility index (Phi) is 5.35. The highest BCUT2D eigenvalue weighted by molar-refractivity contribution is 5.64. The third kappa shape index (κ3) is 3.50. The summed E-state index contributed by atoms with van der Waals surface area (Å²) in [4.78, 5) is 2.49. The van der Waals surface area contributed by atoms with Gasteiger partial charge < -0.3 is 9.47 Å². The van der Waals surface area contributed by atoms with E-state index in [2.05, 4.69) is 47.0 Å². The molecule has 2 aromatic carbocycles. The fourth-order valence-electron chi connectivity index (χ4n) is 4.13. The molecule has 3 aromatic rings. The van der Waals surface area contributed by atoms with E-state index in [4.69, 9.17) is 14.6 Å². The maximum Gasteiger partial charge on any atom is 0.165 e. The first-order chi connectivity index (χ1) is 13.7. The van der Waals surface area contributed by atoms with Crippen molar-refractivity contribution in [2.75, 3.05) is 27.3 Å². The minimum atomic E-state index is 0.786. The maximum absolute atomic E-state index is 5.62. The van der Waals surface area contributed by atoms with Crippen LogP contribution in [-0.2, 0) is 26.4 Å². The number of para-hydroxylation sites is 1. The molecule has 0 bridgehead atoms. The standard InChI is InChI=1S/C23H27N3O2/c1-25-20-13-15-26(16-18-10-7-11-21(27-2)23(18)28-3)14-12-19(20)22(24-25)17-8-5-4-6-9-17/h4-11H,12-16H2,1-3H3. The predicted molar refractivity (Wildman–Crippen MR) is 111 cm³/mol. The number of hydrogen-bond acceptors (Lipinski definition) is 4. The zero-order valence-corrected chi connectivity index (χ0v) is 16.8. The van der Waals surface area contributed by atoms with E-state index in [0.29, 0.717) is 0 Å². The van der Waals surface area contributed by atoms with Crippen LogP contribution < -0.4 is 9.47 Å². The fraction of sp³-hybridized carbons (Fsp3) is 0.348.